The Morgan fingerprint density at radius 2 is 1.68 bits per heavy atom. The van der Waals surface area contributed by atoms with Gasteiger partial charge in [0.2, 0.25) is 11.8 Å². The second-order valence-corrected chi connectivity index (χ2v) is 12.1. The van der Waals surface area contributed by atoms with Gasteiger partial charge in [-0.15, -0.1) is 0 Å². The van der Waals surface area contributed by atoms with Crippen molar-refractivity contribution in [3.05, 3.63) is 96.7 Å². The maximum absolute atomic E-state index is 14.1. The number of piperazine rings is 1. The first-order chi connectivity index (χ1) is 23.9. The number of hydrazine groups is 1. The van der Waals surface area contributed by atoms with Crippen molar-refractivity contribution in [3.8, 4) is 11.5 Å². The Hall–Kier alpha value is -5.37. The Morgan fingerprint density at radius 3 is 2.36 bits per heavy atom. The van der Waals surface area contributed by atoms with Crippen LogP contribution in [0.15, 0.2) is 79.8 Å². The molecule has 2 saturated heterocycles. The summed E-state index contributed by atoms with van der Waals surface area (Å²) in [5.41, 5.74) is 1.55. The summed E-state index contributed by atoms with van der Waals surface area (Å²) in [4.78, 5) is 56.4. The molecule has 5 amide bonds. The largest absolute Gasteiger partial charge is 0.459 e. The van der Waals surface area contributed by atoms with Crippen LogP contribution in [0, 0.1) is 5.82 Å². The number of halogens is 1. The standard InChI is InChI=1S/C36H45FN6O7/c1-7-19-48-36(47)38-17-8-9-29-34(45)41(18-16-26-12-15-30(49-24(2)3)31(20-26)50-25(4)5)22-32-42(29)33(44)23-40(6)43(32)35(46)39-21-27-10-13-28(37)14-11-27/h7,10-15,20,29,32H,1-2,4,8-9,16-19,21-23H2,3,5-6H3,(H,38,47)(H,39,46)/t29-,32-/m0/s1. The van der Waals surface area contributed by atoms with Crippen LogP contribution in [-0.2, 0) is 27.3 Å². The minimum absolute atomic E-state index is 0.0584. The lowest BCUT2D eigenvalue weighted by Crippen LogP contribution is -2.76. The van der Waals surface area contributed by atoms with Crippen molar-refractivity contribution in [3.63, 3.8) is 0 Å². The number of likely N-dealkylation sites (N-methyl/N-ethyl adjacent to an activating group) is 1. The third-order valence-corrected chi connectivity index (χ3v) is 8.01. The van der Waals surface area contributed by atoms with Crippen molar-refractivity contribution in [1.82, 2.24) is 30.5 Å². The minimum Gasteiger partial charge on any atom is -0.459 e. The number of hydrogen-bond donors (Lipinski definition) is 2. The third kappa shape index (κ3) is 9.84. The summed E-state index contributed by atoms with van der Waals surface area (Å²) in [5, 5.41) is 8.49. The molecule has 2 aromatic rings. The van der Waals surface area contributed by atoms with E-state index in [2.05, 4.69) is 30.4 Å². The summed E-state index contributed by atoms with van der Waals surface area (Å²) in [6.45, 7) is 15.2. The second-order valence-electron chi connectivity index (χ2n) is 12.1. The number of ether oxygens (including phenoxy) is 3. The molecule has 50 heavy (non-hydrogen) atoms. The van der Waals surface area contributed by atoms with Gasteiger partial charge in [-0.2, -0.15) is 0 Å². The molecular formula is C36H45FN6O7. The molecule has 0 saturated carbocycles. The molecule has 2 aliphatic rings. The Bertz CT molecular complexity index is 1600. The van der Waals surface area contributed by atoms with Crippen LogP contribution in [0.25, 0.3) is 0 Å². The number of carbonyl (C=O) groups is 4. The van der Waals surface area contributed by atoms with Gasteiger partial charge in [-0.1, -0.05) is 44.0 Å². The van der Waals surface area contributed by atoms with Crippen LogP contribution in [0.2, 0.25) is 0 Å². The van der Waals surface area contributed by atoms with E-state index in [-0.39, 0.29) is 63.4 Å². The topological polar surface area (TPSA) is 133 Å². The molecule has 0 unspecified atom stereocenters. The predicted molar refractivity (Wildman–Crippen MR) is 184 cm³/mol. The maximum Gasteiger partial charge on any atom is 0.407 e. The average Bonchev–Trinajstić information content (AvgIpc) is 3.06. The lowest BCUT2D eigenvalue weighted by atomic mass is 10.0. The van der Waals surface area contributed by atoms with E-state index in [9.17, 15) is 23.6 Å². The summed E-state index contributed by atoms with van der Waals surface area (Å²) < 4.78 is 29.9. The normalized spacial score (nSPS) is 17.5. The molecule has 0 aliphatic carbocycles. The Balaban J connectivity index is 1.56. The number of nitrogens with zero attached hydrogens (tertiary/aromatic N) is 4. The smallest absolute Gasteiger partial charge is 0.407 e. The molecule has 2 aromatic carbocycles. The number of nitrogens with one attached hydrogen (secondary N) is 2. The highest BCUT2D eigenvalue weighted by atomic mass is 19.1. The highest BCUT2D eigenvalue weighted by Crippen LogP contribution is 2.32. The zero-order chi connectivity index (χ0) is 36.4. The zero-order valence-electron chi connectivity index (χ0n) is 28.8. The van der Waals surface area contributed by atoms with Crippen molar-refractivity contribution in [2.45, 2.75) is 51.9 Å². The van der Waals surface area contributed by atoms with Gasteiger partial charge in [0.15, 0.2) is 11.5 Å². The number of fused-ring (bicyclic) bond motifs is 1. The van der Waals surface area contributed by atoms with E-state index in [0.29, 0.717) is 41.4 Å². The molecule has 2 heterocycles. The molecule has 4 rings (SSSR count). The van der Waals surface area contributed by atoms with Gasteiger partial charge in [0.1, 0.15) is 24.6 Å². The number of benzene rings is 2. The molecular weight excluding hydrogens is 647 g/mol. The molecule has 13 nitrogen and oxygen atoms in total. The van der Waals surface area contributed by atoms with Crippen LogP contribution in [0.4, 0.5) is 14.0 Å². The van der Waals surface area contributed by atoms with Crippen LogP contribution in [-0.4, -0.2) is 95.8 Å². The molecule has 268 valence electrons. The number of urea groups is 1. The number of allylic oxidation sites excluding steroid dienone is 2. The molecule has 2 atom stereocenters. The number of hydrogen-bond acceptors (Lipinski definition) is 8. The summed E-state index contributed by atoms with van der Waals surface area (Å²) >= 11 is 0. The summed E-state index contributed by atoms with van der Waals surface area (Å²) in [6.07, 6.45) is 1.06. The number of carbonyl (C=O) groups excluding carboxylic acids is 4. The Kier molecular flexibility index (Phi) is 13.0. The van der Waals surface area contributed by atoms with Crippen molar-refractivity contribution >= 4 is 23.9 Å². The van der Waals surface area contributed by atoms with E-state index in [1.807, 2.05) is 12.1 Å². The van der Waals surface area contributed by atoms with Gasteiger partial charge in [-0.25, -0.2) is 24.0 Å². The van der Waals surface area contributed by atoms with Crippen molar-refractivity contribution in [2.24, 2.45) is 0 Å². The lowest BCUT2D eigenvalue weighted by molar-refractivity contribution is -0.187. The fourth-order valence-electron chi connectivity index (χ4n) is 5.83. The average molecular weight is 693 g/mol. The minimum atomic E-state index is -0.887. The highest BCUT2D eigenvalue weighted by Gasteiger charge is 2.50. The number of amides is 5. The van der Waals surface area contributed by atoms with Gasteiger partial charge in [0.25, 0.3) is 0 Å². The quantitative estimate of drug-likeness (QED) is 0.160. The molecule has 2 N–H and O–H groups in total. The molecule has 0 radical (unpaired) electrons. The van der Waals surface area contributed by atoms with E-state index in [1.165, 1.54) is 33.1 Å². The number of rotatable bonds is 15. The van der Waals surface area contributed by atoms with Gasteiger partial charge in [-0.3, -0.25) is 9.59 Å². The fraction of sp³-hybridized carbons (Fsp3) is 0.389. The van der Waals surface area contributed by atoms with E-state index < -0.39 is 24.3 Å². The van der Waals surface area contributed by atoms with E-state index in [4.69, 9.17) is 14.2 Å². The first-order valence-corrected chi connectivity index (χ1v) is 16.3. The van der Waals surface area contributed by atoms with Gasteiger partial charge in [0.05, 0.1) is 24.6 Å². The molecule has 2 fully saturated rings. The van der Waals surface area contributed by atoms with Gasteiger partial charge < -0.3 is 34.6 Å². The van der Waals surface area contributed by atoms with Crippen LogP contribution in [0.1, 0.15) is 37.8 Å². The van der Waals surface area contributed by atoms with E-state index >= 15 is 0 Å². The van der Waals surface area contributed by atoms with Crippen LogP contribution in [0.5, 0.6) is 11.5 Å². The van der Waals surface area contributed by atoms with Crippen LogP contribution in [0.3, 0.4) is 0 Å². The fourth-order valence-corrected chi connectivity index (χ4v) is 5.83. The maximum atomic E-state index is 14.1. The van der Waals surface area contributed by atoms with Gasteiger partial charge in [-0.05, 0) is 68.5 Å². The van der Waals surface area contributed by atoms with Gasteiger partial charge in [0, 0.05) is 26.7 Å². The summed E-state index contributed by atoms with van der Waals surface area (Å²) in [5.74, 6) is 0.933. The van der Waals surface area contributed by atoms with E-state index in [0.717, 1.165) is 5.56 Å². The Morgan fingerprint density at radius 1 is 1.00 bits per heavy atom. The van der Waals surface area contributed by atoms with Crippen LogP contribution < -0.4 is 20.1 Å². The summed E-state index contributed by atoms with van der Waals surface area (Å²) in [7, 11) is 1.64. The molecule has 0 aromatic heterocycles. The van der Waals surface area contributed by atoms with E-state index in [1.54, 1.807) is 44.0 Å². The second kappa shape index (κ2) is 17.3. The van der Waals surface area contributed by atoms with Crippen molar-refractivity contribution in [1.29, 1.82) is 0 Å². The molecule has 14 heteroatoms. The first kappa shape index (κ1) is 37.4. The predicted octanol–water partition coefficient (Wildman–Crippen LogP) is 4.32. The zero-order valence-corrected chi connectivity index (χ0v) is 28.8. The molecule has 2 aliphatic heterocycles. The molecule has 0 spiro atoms. The SMILES string of the molecule is C=CCOC(=O)NCCC[C@H]1C(=O)N(CCc2ccc(OC(=C)C)c(OC(=C)C)c2)C[C@H]2N1C(=O)CN(C)N2C(=O)NCc1ccc(F)cc1. The van der Waals surface area contributed by atoms with Crippen molar-refractivity contribution in [2.75, 3.05) is 39.8 Å². The lowest BCUT2D eigenvalue weighted by Gasteiger charge is -2.54. The monoisotopic (exact) mass is 692 g/mol. The third-order valence-electron chi connectivity index (χ3n) is 8.01. The van der Waals surface area contributed by atoms with Crippen molar-refractivity contribution < 1.29 is 37.8 Å². The number of alkyl carbamates (subject to hydrolysis) is 1. The molecule has 0 bridgehead atoms. The van der Waals surface area contributed by atoms with Crippen LogP contribution >= 0.6 is 0 Å². The van der Waals surface area contributed by atoms with Gasteiger partial charge >= 0.3 is 12.1 Å². The highest BCUT2D eigenvalue weighted by molar-refractivity contribution is 5.91. The summed E-state index contributed by atoms with van der Waals surface area (Å²) in [6, 6.07) is 9.86. The Labute approximate surface area is 291 Å². The first-order valence-electron chi connectivity index (χ1n) is 16.3.